The molecule has 1 aliphatic carbocycles. The summed E-state index contributed by atoms with van der Waals surface area (Å²) in [5, 5.41) is 11.7. The number of hydrogen-bond acceptors (Lipinski definition) is 3. The van der Waals surface area contributed by atoms with E-state index >= 15 is 0 Å². The van der Waals surface area contributed by atoms with E-state index in [1.165, 1.54) is 32.1 Å². The van der Waals surface area contributed by atoms with Crippen LogP contribution >= 0.6 is 0 Å². The quantitative estimate of drug-likeness (QED) is 0.479. The van der Waals surface area contributed by atoms with E-state index in [-0.39, 0.29) is 0 Å². The monoisotopic (exact) mass is 200 g/mol. The lowest BCUT2D eigenvalue weighted by Crippen LogP contribution is -2.44. The molecule has 0 aromatic heterocycles. The van der Waals surface area contributed by atoms with Gasteiger partial charge in [-0.05, 0) is 25.6 Å². The lowest BCUT2D eigenvalue weighted by atomic mass is 9.89. The van der Waals surface area contributed by atoms with Crippen molar-refractivity contribution in [2.24, 2.45) is 5.92 Å². The molecule has 14 heavy (non-hydrogen) atoms. The van der Waals surface area contributed by atoms with Crippen LogP contribution in [0.4, 0.5) is 0 Å². The van der Waals surface area contributed by atoms with Crippen LogP contribution in [0.1, 0.15) is 46.0 Å². The minimum Gasteiger partial charge on any atom is -0.437 e. The van der Waals surface area contributed by atoms with Gasteiger partial charge < -0.3 is 5.02 Å². The molecule has 3 nitrogen and oxygen atoms in total. The van der Waals surface area contributed by atoms with Crippen LogP contribution in [0.3, 0.4) is 0 Å². The van der Waals surface area contributed by atoms with Crippen molar-refractivity contribution in [2.45, 2.75) is 52.8 Å². The van der Waals surface area contributed by atoms with Gasteiger partial charge >= 0.3 is 7.05 Å². The van der Waals surface area contributed by atoms with E-state index in [9.17, 15) is 0 Å². The highest BCUT2D eigenvalue weighted by atomic mass is 16.2. The Morgan fingerprint density at radius 3 is 2.29 bits per heavy atom. The molecule has 0 aromatic rings. The minimum absolute atomic E-state index is 0.450. The van der Waals surface area contributed by atoms with E-state index in [0.29, 0.717) is 0 Å². The van der Waals surface area contributed by atoms with Crippen LogP contribution in [0.25, 0.3) is 0 Å². The highest BCUT2D eigenvalue weighted by Gasteiger charge is 2.12. The van der Waals surface area contributed by atoms with Crippen LogP contribution in [0.15, 0.2) is 0 Å². The first kappa shape index (κ1) is 13.9. The molecule has 4 heteroatoms. The molecule has 0 spiro atoms. The Labute approximate surface area is 88.8 Å². The third-order valence-corrected chi connectivity index (χ3v) is 2.43. The Bertz CT molecular complexity index is 117. The predicted octanol–water partition coefficient (Wildman–Crippen LogP) is 1.80. The van der Waals surface area contributed by atoms with Crippen LogP contribution in [0, 0.1) is 5.92 Å². The van der Waals surface area contributed by atoms with Gasteiger partial charge in [0.15, 0.2) is 0 Å². The maximum absolute atomic E-state index is 8.91. The van der Waals surface area contributed by atoms with Crippen LogP contribution < -0.4 is 10.8 Å². The second kappa shape index (κ2) is 9.50. The molecule has 0 bridgehead atoms. The lowest BCUT2D eigenvalue weighted by molar-refractivity contribution is 0.335. The average Bonchev–Trinajstić information content (AvgIpc) is 2.22. The molecule has 0 amide bonds. The maximum Gasteiger partial charge on any atom is 0.387 e. The summed E-state index contributed by atoms with van der Waals surface area (Å²) in [7, 11) is -0.450. The Balaban J connectivity index is 0.000000791. The number of rotatable bonds is 4. The summed E-state index contributed by atoms with van der Waals surface area (Å²) >= 11 is 0. The predicted molar refractivity (Wildman–Crippen MR) is 62.9 cm³/mol. The molecule has 1 saturated carbocycles. The fourth-order valence-electron chi connectivity index (χ4n) is 1.74. The fraction of sp³-hybridized carbons (Fsp3) is 1.00. The highest BCUT2D eigenvalue weighted by Crippen LogP contribution is 2.22. The Hall–Kier alpha value is -0.0551. The number of nitrogens with one attached hydrogen (secondary N) is 2. The molecule has 0 unspecified atom stereocenters. The molecular formula is C10H25BN2O. The number of hydrogen-bond donors (Lipinski definition) is 3. The molecule has 0 saturated heterocycles. The zero-order valence-corrected chi connectivity index (χ0v) is 9.84. The van der Waals surface area contributed by atoms with Gasteiger partial charge in [-0.15, -0.1) is 0 Å². The maximum atomic E-state index is 8.91. The summed E-state index contributed by atoms with van der Waals surface area (Å²) in [4.78, 5) is 0. The largest absolute Gasteiger partial charge is 0.437 e. The first-order valence-electron chi connectivity index (χ1n) is 5.95. The molecule has 1 fully saturated rings. The molecule has 84 valence electrons. The van der Waals surface area contributed by atoms with Gasteiger partial charge in [-0.2, -0.15) is 0 Å². The van der Waals surface area contributed by atoms with Crippen LogP contribution in [-0.2, 0) is 0 Å². The van der Waals surface area contributed by atoms with E-state index < -0.39 is 7.05 Å². The first-order valence-corrected chi connectivity index (χ1v) is 5.95. The van der Waals surface area contributed by atoms with Crippen molar-refractivity contribution in [1.29, 1.82) is 0 Å². The summed E-state index contributed by atoms with van der Waals surface area (Å²) in [5.41, 5.74) is 3.05. The van der Waals surface area contributed by atoms with Crippen molar-refractivity contribution in [3.05, 3.63) is 0 Å². The Morgan fingerprint density at radius 1 is 1.21 bits per heavy atom. The van der Waals surface area contributed by atoms with Crippen molar-refractivity contribution in [3.63, 3.8) is 0 Å². The zero-order chi connectivity index (χ0) is 10.8. The van der Waals surface area contributed by atoms with Gasteiger partial charge in [0.05, 0.1) is 0 Å². The van der Waals surface area contributed by atoms with E-state index in [4.69, 9.17) is 5.02 Å². The minimum atomic E-state index is -0.450. The molecule has 0 heterocycles. The normalized spacial score (nSPS) is 17.1. The van der Waals surface area contributed by atoms with Crippen molar-refractivity contribution in [3.8, 4) is 0 Å². The van der Waals surface area contributed by atoms with Gasteiger partial charge in [-0.1, -0.05) is 33.1 Å². The first-order chi connectivity index (χ1) is 6.79. The van der Waals surface area contributed by atoms with Gasteiger partial charge in [0.25, 0.3) is 0 Å². The molecular weight excluding hydrogens is 175 g/mol. The van der Waals surface area contributed by atoms with E-state index in [0.717, 1.165) is 12.5 Å². The summed E-state index contributed by atoms with van der Waals surface area (Å²) in [5.74, 6) is 0.810. The van der Waals surface area contributed by atoms with Crippen molar-refractivity contribution >= 4 is 7.05 Å². The van der Waals surface area contributed by atoms with Crippen LogP contribution in [-0.4, -0.2) is 18.6 Å². The SMILES string of the molecule is CB(O)NNCC1CCCCC1.CC. The summed E-state index contributed by atoms with van der Waals surface area (Å²) < 4.78 is 0. The summed E-state index contributed by atoms with van der Waals surface area (Å²) in [6, 6.07) is 0. The smallest absolute Gasteiger partial charge is 0.387 e. The molecule has 1 aliphatic rings. The zero-order valence-electron chi connectivity index (χ0n) is 9.84. The van der Waals surface area contributed by atoms with Crippen molar-refractivity contribution in [1.82, 2.24) is 10.8 Å². The number of hydrazine groups is 1. The third-order valence-electron chi connectivity index (χ3n) is 2.43. The van der Waals surface area contributed by atoms with E-state index in [1.807, 2.05) is 13.8 Å². The molecule has 0 aliphatic heterocycles. The molecule has 0 atom stereocenters. The molecule has 3 N–H and O–H groups in total. The van der Waals surface area contributed by atoms with Crippen molar-refractivity contribution in [2.75, 3.05) is 6.54 Å². The second-order valence-electron chi connectivity index (χ2n) is 3.71. The fourth-order valence-corrected chi connectivity index (χ4v) is 1.74. The van der Waals surface area contributed by atoms with Crippen LogP contribution in [0.2, 0.25) is 6.82 Å². The van der Waals surface area contributed by atoms with E-state index in [1.54, 1.807) is 6.82 Å². The Morgan fingerprint density at radius 2 is 1.79 bits per heavy atom. The molecule has 0 aromatic carbocycles. The van der Waals surface area contributed by atoms with Gasteiger partial charge in [-0.3, -0.25) is 10.8 Å². The topological polar surface area (TPSA) is 44.3 Å². The van der Waals surface area contributed by atoms with Gasteiger partial charge in [0.1, 0.15) is 0 Å². The van der Waals surface area contributed by atoms with Gasteiger partial charge in [-0.25, -0.2) is 0 Å². The summed E-state index contributed by atoms with van der Waals surface area (Å²) in [6.07, 6.45) is 6.84. The van der Waals surface area contributed by atoms with E-state index in [2.05, 4.69) is 10.8 Å². The Kier molecular flexibility index (Phi) is 9.46. The average molecular weight is 200 g/mol. The molecule has 1 rings (SSSR count). The van der Waals surface area contributed by atoms with Crippen molar-refractivity contribution < 1.29 is 5.02 Å². The lowest BCUT2D eigenvalue weighted by Gasteiger charge is -2.22. The third kappa shape index (κ3) is 7.36. The van der Waals surface area contributed by atoms with Crippen LogP contribution in [0.5, 0.6) is 0 Å². The summed E-state index contributed by atoms with van der Waals surface area (Å²) in [6.45, 7) is 6.71. The standard InChI is InChI=1S/C8H19BN2O.C2H6/c1-9(12)11-10-7-8-5-3-2-4-6-8;1-2/h8,10-12H,2-7H2,1H3;1-2H3. The molecule has 0 radical (unpaired) electrons. The van der Waals surface area contributed by atoms with Gasteiger partial charge in [0, 0.05) is 6.54 Å². The van der Waals surface area contributed by atoms with Gasteiger partial charge in [0.2, 0.25) is 0 Å². The second-order valence-corrected chi connectivity index (χ2v) is 3.71. The highest BCUT2D eigenvalue weighted by molar-refractivity contribution is 6.45.